The predicted molar refractivity (Wildman–Crippen MR) is 68.8 cm³/mol. The van der Waals surface area contributed by atoms with Gasteiger partial charge in [-0.25, -0.2) is 0 Å². The normalized spacial score (nSPS) is 19.8. The van der Waals surface area contributed by atoms with E-state index in [0.717, 1.165) is 36.4 Å². The van der Waals surface area contributed by atoms with Crippen LogP contribution in [-0.2, 0) is 11.8 Å². The van der Waals surface area contributed by atoms with Crippen LogP contribution in [0, 0.1) is 13.8 Å². The van der Waals surface area contributed by atoms with E-state index in [1.54, 1.807) is 0 Å². The Bertz CT molecular complexity index is 581. The number of ether oxygens (including phenoxy) is 1. The van der Waals surface area contributed by atoms with Crippen molar-refractivity contribution < 1.29 is 9.15 Å². The molecule has 0 aliphatic carbocycles. The van der Waals surface area contributed by atoms with Gasteiger partial charge in [-0.15, -0.1) is 10.2 Å². The van der Waals surface area contributed by atoms with E-state index in [1.165, 1.54) is 0 Å². The second-order valence-electron chi connectivity index (χ2n) is 5.03. The molecule has 19 heavy (non-hydrogen) atoms. The van der Waals surface area contributed by atoms with Crippen LogP contribution in [0.5, 0.6) is 0 Å². The largest absolute Gasteiger partial charge is 0.420 e. The second kappa shape index (κ2) is 4.77. The molecule has 1 saturated heterocycles. The molecular weight excluding hydrogens is 244 g/mol. The third-order valence-electron chi connectivity index (χ3n) is 3.67. The quantitative estimate of drug-likeness (QED) is 0.828. The van der Waals surface area contributed by atoms with Crippen LogP contribution in [0.25, 0.3) is 11.5 Å². The Balaban J connectivity index is 1.92. The molecule has 6 heteroatoms. The number of hydrogen-bond acceptors (Lipinski definition) is 5. The highest BCUT2D eigenvalue weighted by atomic mass is 16.5. The topological polar surface area (TPSA) is 66.0 Å². The summed E-state index contributed by atoms with van der Waals surface area (Å²) in [5.74, 6) is 1.47. The molecule has 3 heterocycles. The maximum atomic E-state index is 5.83. The van der Waals surface area contributed by atoms with Crippen LogP contribution in [0.2, 0.25) is 0 Å². The Morgan fingerprint density at radius 2 is 2.11 bits per heavy atom. The van der Waals surface area contributed by atoms with Crippen LogP contribution >= 0.6 is 0 Å². The van der Waals surface area contributed by atoms with E-state index in [2.05, 4.69) is 15.3 Å². The van der Waals surface area contributed by atoms with Crippen molar-refractivity contribution in [2.45, 2.75) is 32.6 Å². The first-order valence-corrected chi connectivity index (χ1v) is 6.58. The van der Waals surface area contributed by atoms with Crippen LogP contribution in [0.4, 0.5) is 0 Å². The highest BCUT2D eigenvalue weighted by Crippen LogP contribution is 2.29. The highest BCUT2D eigenvalue weighted by molar-refractivity contribution is 5.59. The molecule has 0 N–H and O–H groups in total. The SMILES string of the molecule is Cc1nn(C)c(C)c1-c1nnc(C2CCCOC2)o1. The lowest BCUT2D eigenvalue weighted by molar-refractivity contribution is 0.0727. The third kappa shape index (κ3) is 2.16. The van der Waals surface area contributed by atoms with Crippen LogP contribution in [0.1, 0.15) is 36.0 Å². The Labute approximate surface area is 111 Å². The molecule has 2 aromatic heterocycles. The number of nitrogens with zero attached hydrogens (tertiary/aromatic N) is 4. The van der Waals surface area contributed by atoms with Crippen molar-refractivity contribution in [2.24, 2.45) is 7.05 Å². The van der Waals surface area contributed by atoms with E-state index < -0.39 is 0 Å². The van der Waals surface area contributed by atoms with Crippen LogP contribution in [0.3, 0.4) is 0 Å². The van der Waals surface area contributed by atoms with Gasteiger partial charge in [0, 0.05) is 19.3 Å². The average molecular weight is 262 g/mol. The van der Waals surface area contributed by atoms with Crippen LogP contribution in [0.15, 0.2) is 4.42 Å². The van der Waals surface area contributed by atoms with Gasteiger partial charge in [-0.2, -0.15) is 5.10 Å². The molecule has 0 amide bonds. The fourth-order valence-corrected chi connectivity index (χ4v) is 2.52. The van der Waals surface area contributed by atoms with Gasteiger partial charge in [0.2, 0.25) is 5.89 Å². The number of rotatable bonds is 2. The molecule has 3 rings (SSSR count). The summed E-state index contributed by atoms with van der Waals surface area (Å²) in [6, 6.07) is 0. The number of hydrogen-bond donors (Lipinski definition) is 0. The van der Waals surface area contributed by atoms with Gasteiger partial charge in [0.15, 0.2) is 0 Å². The van der Waals surface area contributed by atoms with Gasteiger partial charge in [0.1, 0.15) is 0 Å². The van der Waals surface area contributed by atoms with E-state index in [1.807, 2.05) is 25.6 Å². The number of aromatic nitrogens is 4. The molecule has 1 aliphatic heterocycles. The summed E-state index contributed by atoms with van der Waals surface area (Å²) in [6.45, 7) is 5.46. The van der Waals surface area contributed by atoms with E-state index >= 15 is 0 Å². The maximum absolute atomic E-state index is 5.83. The first-order valence-electron chi connectivity index (χ1n) is 6.58. The van der Waals surface area contributed by atoms with E-state index in [4.69, 9.17) is 9.15 Å². The molecule has 0 aromatic carbocycles. The third-order valence-corrected chi connectivity index (χ3v) is 3.67. The van der Waals surface area contributed by atoms with Crippen molar-refractivity contribution in [1.82, 2.24) is 20.0 Å². The summed E-state index contributed by atoms with van der Waals surface area (Å²) in [7, 11) is 1.91. The Morgan fingerprint density at radius 3 is 2.74 bits per heavy atom. The summed E-state index contributed by atoms with van der Waals surface area (Å²) in [4.78, 5) is 0. The standard InChI is InChI=1S/C13H18N4O2/c1-8-11(9(2)17(3)16-8)13-15-14-12(19-13)10-5-4-6-18-7-10/h10H,4-7H2,1-3H3. The lowest BCUT2D eigenvalue weighted by Gasteiger charge is -2.18. The van der Waals surface area contributed by atoms with Gasteiger partial charge in [-0.3, -0.25) is 4.68 Å². The molecule has 1 atom stereocenters. The van der Waals surface area contributed by atoms with E-state index in [-0.39, 0.29) is 5.92 Å². The van der Waals surface area contributed by atoms with Gasteiger partial charge >= 0.3 is 0 Å². The van der Waals surface area contributed by atoms with Gasteiger partial charge in [0.05, 0.1) is 23.8 Å². The van der Waals surface area contributed by atoms with E-state index in [0.29, 0.717) is 18.4 Å². The minimum atomic E-state index is 0.229. The lowest BCUT2D eigenvalue weighted by atomic mass is 10.0. The summed E-state index contributed by atoms with van der Waals surface area (Å²) < 4.78 is 13.1. The average Bonchev–Trinajstić information content (AvgIpc) is 2.97. The molecule has 2 aromatic rings. The summed E-state index contributed by atoms with van der Waals surface area (Å²) in [6.07, 6.45) is 2.10. The fourth-order valence-electron chi connectivity index (χ4n) is 2.52. The highest BCUT2D eigenvalue weighted by Gasteiger charge is 2.24. The van der Waals surface area contributed by atoms with Crippen molar-refractivity contribution >= 4 is 0 Å². The van der Waals surface area contributed by atoms with Crippen LogP contribution in [-0.4, -0.2) is 33.2 Å². The fraction of sp³-hybridized carbons (Fsp3) is 0.615. The van der Waals surface area contributed by atoms with Crippen LogP contribution < -0.4 is 0 Å². The van der Waals surface area contributed by atoms with Gasteiger partial charge in [-0.05, 0) is 26.7 Å². The molecule has 0 spiro atoms. The molecule has 102 valence electrons. The zero-order valence-corrected chi connectivity index (χ0v) is 11.5. The maximum Gasteiger partial charge on any atom is 0.251 e. The minimum absolute atomic E-state index is 0.229. The molecule has 0 saturated carbocycles. The molecule has 1 unspecified atom stereocenters. The van der Waals surface area contributed by atoms with E-state index in [9.17, 15) is 0 Å². The van der Waals surface area contributed by atoms with Crippen molar-refractivity contribution in [1.29, 1.82) is 0 Å². The summed E-state index contributed by atoms with van der Waals surface area (Å²) in [5, 5.41) is 12.7. The zero-order chi connectivity index (χ0) is 13.4. The Kier molecular flexibility index (Phi) is 3.10. The lowest BCUT2D eigenvalue weighted by Crippen LogP contribution is -2.15. The van der Waals surface area contributed by atoms with Crippen molar-refractivity contribution in [2.75, 3.05) is 13.2 Å². The predicted octanol–water partition coefficient (Wildman–Crippen LogP) is 1.98. The minimum Gasteiger partial charge on any atom is -0.420 e. The Hall–Kier alpha value is -1.69. The van der Waals surface area contributed by atoms with Crippen molar-refractivity contribution in [3.63, 3.8) is 0 Å². The first kappa shape index (κ1) is 12.3. The zero-order valence-electron chi connectivity index (χ0n) is 11.5. The molecule has 1 fully saturated rings. The monoisotopic (exact) mass is 262 g/mol. The molecule has 6 nitrogen and oxygen atoms in total. The molecular formula is C13H18N4O2. The van der Waals surface area contributed by atoms with Gasteiger partial charge in [0.25, 0.3) is 5.89 Å². The molecule has 1 aliphatic rings. The Morgan fingerprint density at radius 1 is 1.26 bits per heavy atom. The van der Waals surface area contributed by atoms with Gasteiger partial charge < -0.3 is 9.15 Å². The van der Waals surface area contributed by atoms with Crippen molar-refractivity contribution in [3.8, 4) is 11.5 Å². The number of aryl methyl sites for hydroxylation is 2. The molecule has 0 radical (unpaired) electrons. The van der Waals surface area contributed by atoms with Crippen molar-refractivity contribution in [3.05, 3.63) is 17.3 Å². The summed E-state index contributed by atoms with van der Waals surface area (Å²) in [5.41, 5.74) is 2.89. The second-order valence-corrected chi connectivity index (χ2v) is 5.03. The first-order chi connectivity index (χ1) is 9.16. The van der Waals surface area contributed by atoms with Gasteiger partial charge in [-0.1, -0.05) is 0 Å². The molecule has 0 bridgehead atoms. The summed E-state index contributed by atoms with van der Waals surface area (Å²) >= 11 is 0. The smallest absolute Gasteiger partial charge is 0.251 e.